The molecule has 0 aliphatic carbocycles. The molecule has 1 aliphatic rings. The van der Waals surface area contributed by atoms with E-state index in [1.165, 1.54) is 25.0 Å². The van der Waals surface area contributed by atoms with Gasteiger partial charge in [0.25, 0.3) is 0 Å². The Kier molecular flexibility index (Phi) is 5.04. The second kappa shape index (κ2) is 5.84. The number of hydrogen-bond acceptors (Lipinski definition) is 3. The van der Waals surface area contributed by atoms with Crippen molar-refractivity contribution in [3.63, 3.8) is 0 Å². The summed E-state index contributed by atoms with van der Waals surface area (Å²) in [6.07, 6.45) is 4.16. The first-order chi connectivity index (χ1) is 5.88. The minimum absolute atomic E-state index is 0.440. The molecule has 0 aromatic carbocycles. The molecule has 1 fully saturated rings. The molecule has 0 aromatic heterocycles. The Hall–Kier alpha value is 0.270. The summed E-state index contributed by atoms with van der Waals surface area (Å²) in [5.74, 6) is 1.25. The molecule has 0 spiro atoms. The second-order valence-corrected chi connectivity index (χ2v) is 4.45. The van der Waals surface area contributed by atoms with Crippen LogP contribution in [0.1, 0.15) is 26.2 Å². The Morgan fingerprint density at radius 3 is 3.00 bits per heavy atom. The smallest absolute Gasteiger partial charge is 0.146 e. The SMILES string of the molecule is CCC[C@H]1SCC[C@H]1OCOC. The Labute approximate surface area is 79.0 Å². The van der Waals surface area contributed by atoms with E-state index < -0.39 is 0 Å². The Bertz CT molecular complexity index is 119. The number of ether oxygens (including phenoxy) is 2. The predicted octanol–water partition coefficient (Wildman–Crippen LogP) is 2.28. The van der Waals surface area contributed by atoms with Gasteiger partial charge in [-0.1, -0.05) is 13.3 Å². The van der Waals surface area contributed by atoms with Crippen LogP contribution in [0.4, 0.5) is 0 Å². The van der Waals surface area contributed by atoms with E-state index in [0.717, 1.165) is 0 Å². The quantitative estimate of drug-likeness (QED) is 0.620. The van der Waals surface area contributed by atoms with Crippen LogP contribution in [0.25, 0.3) is 0 Å². The maximum Gasteiger partial charge on any atom is 0.146 e. The Morgan fingerprint density at radius 1 is 1.50 bits per heavy atom. The summed E-state index contributed by atoms with van der Waals surface area (Å²) >= 11 is 2.04. The van der Waals surface area contributed by atoms with Crippen LogP contribution in [-0.2, 0) is 9.47 Å². The summed E-state index contributed by atoms with van der Waals surface area (Å²) in [6, 6.07) is 0. The lowest BCUT2D eigenvalue weighted by atomic mass is 10.1. The molecule has 2 atom stereocenters. The molecule has 1 heterocycles. The molecule has 0 unspecified atom stereocenters. The number of methoxy groups -OCH3 is 1. The van der Waals surface area contributed by atoms with E-state index in [0.29, 0.717) is 18.1 Å². The molecule has 0 aromatic rings. The summed E-state index contributed by atoms with van der Waals surface area (Å²) in [5, 5.41) is 0.713. The normalized spacial score (nSPS) is 29.5. The van der Waals surface area contributed by atoms with E-state index in [1.807, 2.05) is 11.8 Å². The van der Waals surface area contributed by atoms with E-state index in [4.69, 9.17) is 9.47 Å². The molecule has 1 aliphatic heterocycles. The predicted molar refractivity (Wildman–Crippen MR) is 52.5 cm³/mol. The van der Waals surface area contributed by atoms with E-state index in [2.05, 4.69) is 6.92 Å². The third kappa shape index (κ3) is 2.96. The van der Waals surface area contributed by atoms with Crippen LogP contribution in [0.15, 0.2) is 0 Å². The maximum atomic E-state index is 5.57. The van der Waals surface area contributed by atoms with Gasteiger partial charge in [-0.05, 0) is 18.6 Å². The summed E-state index contributed by atoms with van der Waals surface area (Å²) in [4.78, 5) is 0. The lowest BCUT2D eigenvalue weighted by Crippen LogP contribution is -2.22. The fraction of sp³-hybridized carbons (Fsp3) is 1.00. The first kappa shape index (κ1) is 10.4. The third-order valence-electron chi connectivity index (χ3n) is 2.12. The first-order valence-electron chi connectivity index (χ1n) is 4.60. The van der Waals surface area contributed by atoms with Crippen molar-refractivity contribution in [3.8, 4) is 0 Å². The molecule has 12 heavy (non-hydrogen) atoms. The van der Waals surface area contributed by atoms with E-state index in [9.17, 15) is 0 Å². The van der Waals surface area contributed by atoms with Gasteiger partial charge in [-0.3, -0.25) is 0 Å². The highest BCUT2D eigenvalue weighted by molar-refractivity contribution is 8.00. The average molecular weight is 190 g/mol. The van der Waals surface area contributed by atoms with Crippen molar-refractivity contribution in [1.29, 1.82) is 0 Å². The molecule has 0 N–H and O–H groups in total. The largest absolute Gasteiger partial charge is 0.359 e. The first-order valence-corrected chi connectivity index (χ1v) is 5.65. The average Bonchev–Trinajstić information content (AvgIpc) is 2.50. The molecule has 72 valence electrons. The van der Waals surface area contributed by atoms with Crippen molar-refractivity contribution >= 4 is 11.8 Å². The highest BCUT2D eigenvalue weighted by Gasteiger charge is 2.27. The molecular weight excluding hydrogens is 172 g/mol. The Balaban J connectivity index is 2.20. The second-order valence-electron chi connectivity index (χ2n) is 3.10. The summed E-state index contributed by atoms with van der Waals surface area (Å²) in [5.41, 5.74) is 0. The molecule has 0 saturated carbocycles. The van der Waals surface area contributed by atoms with Crippen LogP contribution < -0.4 is 0 Å². The van der Waals surface area contributed by atoms with Crippen LogP contribution >= 0.6 is 11.8 Å². The number of hydrogen-bond donors (Lipinski definition) is 0. The van der Waals surface area contributed by atoms with Crippen LogP contribution in [0.2, 0.25) is 0 Å². The molecule has 0 bridgehead atoms. The monoisotopic (exact) mass is 190 g/mol. The Morgan fingerprint density at radius 2 is 2.33 bits per heavy atom. The standard InChI is InChI=1S/C9H18O2S/c1-3-4-9-8(5-6-12-9)11-7-10-2/h8-9H,3-7H2,1-2H3/t8-,9-/m1/s1. The van der Waals surface area contributed by atoms with E-state index >= 15 is 0 Å². The van der Waals surface area contributed by atoms with Gasteiger partial charge in [-0.2, -0.15) is 11.8 Å². The summed E-state index contributed by atoms with van der Waals surface area (Å²) < 4.78 is 10.5. The van der Waals surface area contributed by atoms with Gasteiger partial charge in [0.05, 0.1) is 6.10 Å². The topological polar surface area (TPSA) is 18.5 Å². The lowest BCUT2D eigenvalue weighted by molar-refractivity contribution is -0.0706. The van der Waals surface area contributed by atoms with Gasteiger partial charge in [-0.15, -0.1) is 0 Å². The zero-order valence-electron chi connectivity index (χ0n) is 7.91. The van der Waals surface area contributed by atoms with Crippen molar-refractivity contribution in [2.45, 2.75) is 37.5 Å². The van der Waals surface area contributed by atoms with Crippen molar-refractivity contribution in [2.24, 2.45) is 0 Å². The molecular formula is C9H18O2S. The third-order valence-corrected chi connectivity index (χ3v) is 3.56. The molecule has 0 radical (unpaired) electrons. The fourth-order valence-corrected chi connectivity index (χ4v) is 3.03. The van der Waals surface area contributed by atoms with Gasteiger partial charge in [-0.25, -0.2) is 0 Å². The van der Waals surface area contributed by atoms with E-state index in [-0.39, 0.29) is 0 Å². The van der Waals surface area contributed by atoms with Gasteiger partial charge in [0, 0.05) is 12.4 Å². The molecule has 0 amide bonds. The zero-order chi connectivity index (χ0) is 8.81. The highest BCUT2D eigenvalue weighted by Crippen LogP contribution is 2.32. The summed E-state index contributed by atoms with van der Waals surface area (Å²) in [6.45, 7) is 2.68. The minimum Gasteiger partial charge on any atom is -0.359 e. The summed E-state index contributed by atoms with van der Waals surface area (Å²) in [7, 11) is 1.68. The van der Waals surface area contributed by atoms with Crippen molar-refractivity contribution < 1.29 is 9.47 Å². The molecule has 2 nitrogen and oxygen atoms in total. The number of thioether (sulfide) groups is 1. The highest BCUT2D eigenvalue weighted by atomic mass is 32.2. The van der Waals surface area contributed by atoms with Gasteiger partial charge in [0.2, 0.25) is 0 Å². The molecule has 1 rings (SSSR count). The minimum atomic E-state index is 0.440. The van der Waals surface area contributed by atoms with Crippen LogP contribution in [0, 0.1) is 0 Å². The van der Waals surface area contributed by atoms with Crippen LogP contribution in [0.3, 0.4) is 0 Å². The van der Waals surface area contributed by atoms with E-state index in [1.54, 1.807) is 7.11 Å². The van der Waals surface area contributed by atoms with Gasteiger partial charge < -0.3 is 9.47 Å². The van der Waals surface area contributed by atoms with Gasteiger partial charge in [0.15, 0.2) is 0 Å². The van der Waals surface area contributed by atoms with Crippen molar-refractivity contribution in [3.05, 3.63) is 0 Å². The fourth-order valence-electron chi connectivity index (χ4n) is 1.53. The molecule has 3 heteroatoms. The van der Waals surface area contributed by atoms with Gasteiger partial charge >= 0.3 is 0 Å². The number of rotatable bonds is 5. The lowest BCUT2D eigenvalue weighted by Gasteiger charge is -2.17. The van der Waals surface area contributed by atoms with Crippen molar-refractivity contribution in [2.75, 3.05) is 19.7 Å². The zero-order valence-corrected chi connectivity index (χ0v) is 8.73. The maximum absolute atomic E-state index is 5.57. The van der Waals surface area contributed by atoms with Crippen LogP contribution in [-0.4, -0.2) is 31.0 Å². The molecule has 1 saturated heterocycles. The van der Waals surface area contributed by atoms with Gasteiger partial charge in [0.1, 0.15) is 6.79 Å². The van der Waals surface area contributed by atoms with Crippen molar-refractivity contribution in [1.82, 2.24) is 0 Å². The van der Waals surface area contributed by atoms with Crippen LogP contribution in [0.5, 0.6) is 0 Å².